The molecule has 2 aromatic carbocycles. The van der Waals surface area contributed by atoms with E-state index in [2.05, 4.69) is 10.3 Å². The highest BCUT2D eigenvalue weighted by Gasteiger charge is 2.35. The monoisotopic (exact) mass is 526 g/mol. The number of alkyl halides is 3. The molecule has 1 aliphatic rings. The predicted octanol–water partition coefficient (Wildman–Crippen LogP) is 5.45. The third-order valence-corrected chi connectivity index (χ3v) is 6.66. The van der Waals surface area contributed by atoms with Crippen LogP contribution in [0.1, 0.15) is 50.6 Å². The van der Waals surface area contributed by atoms with Crippen LogP contribution in [-0.2, 0) is 6.18 Å². The van der Waals surface area contributed by atoms with E-state index in [1.165, 1.54) is 12.3 Å². The number of ether oxygens (including phenoxy) is 1. The van der Waals surface area contributed by atoms with E-state index in [-0.39, 0.29) is 23.0 Å². The summed E-state index contributed by atoms with van der Waals surface area (Å²) in [5, 5.41) is 2.32. The average Bonchev–Trinajstić information content (AvgIpc) is 2.92. The van der Waals surface area contributed by atoms with Gasteiger partial charge < -0.3 is 19.9 Å². The Labute approximate surface area is 219 Å². The van der Waals surface area contributed by atoms with Crippen LogP contribution in [0.3, 0.4) is 0 Å². The first-order valence-corrected chi connectivity index (χ1v) is 12.2. The summed E-state index contributed by atoms with van der Waals surface area (Å²) < 4.78 is 46.3. The van der Waals surface area contributed by atoms with Crippen molar-refractivity contribution in [1.82, 2.24) is 9.88 Å². The number of nitrogens with one attached hydrogen (secondary N) is 1. The molecule has 0 radical (unpaired) electrons. The van der Waals surface area contributed by atoms with E-state index in [1.54, 1.807) is 37.1 Å². The molecule has 1 saturated heterocycles. The maximum atomic E-state index is 13.7. The van der Waals surface area contributed by atoms with E-state index in [4.69, 9.17) is 4.74 Å². The molecular formula is C28H29F3N4O3. The molecule has 0 atom stereocenters. The quantitative estimate of drug-likeness (QED) is 0.463. The fraction of sp³-hybridized carbons (Fsp3) is 0.321. The molecule has 2 amide bonds. The lowest BCUT2D eigenvalue weighted by molar-refractivity contribution is -0.136. The molecule has 2 heterocycles. The highest BCUT2D eigenvalue weighted by molar-refractivity contribution is 6.05. The van der Waals surface area contributed by atoms with Gasteiger partial charge in [0.2, 0.25) is 0 Å². The molecular weight excluding hydrogens is 497 g/mol. The number of aromatic nitrogens is 1. The van der Waals surface area contributed by atoms with Crippen molar-refractivity contribution in [1.29, 1.82) is 0 Å². The lowest BCUT2D eigenvalue weighted by Gasteiger charge is -2.32. The predicted molar refractivity (Wildman–Crippen MR) is 139 cm³/mol. The lowest BCUT2D eigenvalue weighted by Crippen LogP contribution is -2.38. The van der Waals surface area contributed by atoms with Crippen molar-refractivity contribution in [3.63, 3.8) is 0 Å². The second-order valence-electron chi connectivity index (χ2n) is 9.35. The average molecular weight is 527 g/mol. The number of methoxy groups -OCH3 is 1. The van der Waals surface area contributed by atoms with Gasteiger partial charge in [0.05, 0.1) is 23.9 Å². The molecule has 0 bridgehead atoms. The molecule has 0 unspecified atom stereocenters. The van der Waals surface area contributed by atoms with Gasteiger partial charge in [0.1, 0.15) is 11.6 Å². The Morgan fingerprint density at radius 3 is 2.21 bits per heavy atom. The number of rotatable bonds is 6. The third kappa shape index (κ3) is 6.07. The Morgan fingerprint density at radius 1 is 1.00 bits per heavy atom. The van der Waals surface area contributed by atoms with Crippen molar-refractivity contribution in [2.24, 2.45) is 0 Å². The van der Waals surface area contributed by atoms with E-state index < -0.39 is 23.3 Å². The molecule has 7 nitrogen and oxygen atoms in total. The molecule has 1 aliphatic heterocycles. The van der Waals surface area contributed by atoms with Gasteiger partial charge in [0.25, 0.3) is 11.8 Å². The Bertz CT molecular complexity index is 1280. The molecule has 0 saturated carbocycles. The minimum atomic E-state index is -4.71. The highest BCUT2D eigenvalue weighted by atomic mass is 19.4. The Hall–Kier alpha value is -4.08. The summed E-state index contributed by atoms with van der Waals surface area (Å²) in [5.41, 5.74) is -0.166. The van der Waals surface area contributed by atoms with Crippen LogP contribution >= 0.6 is 0 Å². The third-order valence-electron chi connectivity index (χ3n) is 6.66. The summed E-state index contributed by atoms with van der Waals surface area (Å²) in [4.78, 5) is 33.4. The largest absolute Gasteiger partial charge is 0.497 e. The van der Waals surface area contributed by atoms with E-state index in [0.29, 0.717) is 18.9 Å². The van der Waals surface area contributed by atoms with Crippen LogP contribution in [0, 0.1) is 0 Å². The number of carbonyl (C=O) groups is 2. The first-order valence-electron chi connectivity index (χ1n) is 12.2. The van der Waals surface area contributed by atoms with Gasteiger partial charge in [-0.1, -0.05) is 12.1 Å². The van der Waals surface area contributed by atoms with Crippen molar-refractivity contribution < 1.29 is 27.5 Å². The van der Waals surface area contributed by atoms with E-state index in [0.717, 1.165) is 42.4 Å². The molecule has 1 N–H and O–H groups in total. The van der Waals surface area contributed by atoms with Crippen LogP contribution in [0.2, 0.25) is 0 Å². The molecule has 1 fully saturated rings. The maximum absolute atomic E-state index is 13.7. The zero-order chi connectivity index (χ0) is 27.4. The number of piperidine rings is 1. The number of amides is 2. The van der Waals surface area contributed by atoms with Gasteiger partial charge in [0.15, 0.2) is 0 Å². The van der Waals surface area contributed by atoms with E-state index in [9.17, 15) is 22.8 Å². The fourth-order valence-corrected chi connectivity index (χ4v) is 4.48. The van der Waals surface area contributed by atoms with E-state index >= 15 is 0 Å². The Kier molecular flexibility index (Phi) is 7.89. The first-order chi connectivity index (χ1) is 18.1. The van der Waals surface area contributed by atoms with Gasteiger partial charge >= 0.3 is 6.18 Å². The number of halogens is 3. The second-order valence-corrected chi connectivity index (χ2v) is 9.35. The van der Waals surface area contributed by atoms with Crippen molar-refractivity contribution in [2.45, 2.75) is 24.9 Å². The molecule has 0 aliphatic carbocycles. The summed E-state index contributed by atoms with van der Waals surface area (Å²) in [6, 6.07) is 14.0. The number of carbonyl (C=O) groups excluding carboxylic acids is 2. The number of pyridine rings is 1. The maximum Gasteiger partial charge on any atom is 0.418 e. The number of hydrogen-bond donors (Lipinski definition) is 1. The fourth-order valence-electron chi connectivity index (χ4n) is 4.48. The molecule has 1 aromatic heterocycles. The molecule has 200 valence electrons. The van der Waals surface area contributed by atoms with Gasteiger partial charge in [0, 0.05) is 38.9 Å². The van der Waals surface area contributed by atoms with Crippen molar-refractivity contribution in [2.75, 3.05) is 44.5 Å². The van der Waals surface area contributed by atoms with Crippen LogP contribution in [0.5, 0.6) is 5.75 Å². The summed E-state index contributed by atoms with van der Waals surface area (Å²) >= 11 is 0. The highest BCUT2D eigenvalue weighted by Crippen LogP contribution is 2.36. The second kappa shape index (κ2) is 11.1. The topological polar surface area (TPSA) is 74.8 Å². The first kappa shape index (κ1) is 27.0. The van der Waals surface area contributed by atoms with Gasteiger partial charge in [-0.3, -0.25) is 9.59 Å². The lowest BCUT2D eigenvalue weighted by atomic mass is 9.89. The molecule has 4 rings (SSSR count). The van der Waals surface area contributed by atoms with Crippen LogP contribution in [0.15, 0.2) is 60.8 Å². The van der Waals surface area contributed by atoms with Crippen LogP contribution in [0.4, 0.5) is 24.7 Å². The smallest absolute Gasteiger partial charge is 0.418 e. The van der Waals surface area contributed by atoms with Gasteiger partial charge in [-0.25, -0.2) is 4.98 Å². The normalized spacial score (nSPS) is 14.2. The Morgan fingerprint density at radius 2 is 1.66 bits per heavy atom. The van der Waals surface area contributed by atoms with Crippen LogP contribution in [-0.4, -0.2) is 56.0 Å². The number of nitrogens with zero attached hydrogens (tertiary/aromatic N) is 3. The summed E-state index contributed by atoms with van der Waals surface area (Å²) in [7, 11) is 5.17. The minimum absolute atomic E-state index is 0.0808. The molecule has 3 aromatic rings. The van der Waals surface area contributed by atoms with Crippen LogP contribution in [0.25, 0.3) is 0 Å². The number of anilines is 2. The van der Waals surface area contributed by atoms with Crippen molar-refractivity contribution in [3.05, 3.63) is 83.0 Å². The van der Waals surface area contributed by atoms with Crippen LogP contribution < -0.4 is 15.0 Å². The SMILES string of the molecule is COc1ccc(C2CCN(C(=O)c3ccc(C(F)(F)F)c(NC(=O)c4ccc(N(C)C)nc4)c3)CC2)cc1. The molecule has 38 heavy (non-hydrogen) atoms. The number of hydrogen-bond acceptors (Lipinski definition) is 5. The minimum Gasteiger partial charge on any atom is -0.497 e. The summed E-state index contributed by atoms with van der Waals surface area (Å²) in [6.45, 7) is 0.949. The van der Waals surface area contributed by atoms with Crippen molar-refractivity contribution in [3.8, 4) is 5.75 Å². The van der Waals surface area contributed by atoms with Gasteiger partial charge in [-0.2, -0.15) is 13.2 Å². The molecule has 10 heteroatoms. The standard InChI is InChI=1S/C28H29F3N4O3/c1-34(2)25-11-7-21(17-32-25)26(36)33-24-16-20(6-10-23(24)28(29,30)31)27(37)35-14-12-19(13-15-35)18-4-8-22(38-3)9-5-18/h4-11,16-17,19H,12-15H2,1-3H3,(H,33,36). The van der Waals surface area contributed by atoms with Crippen molar-refractivity contribution >= 4 is 23.3 Å². The number of likely N-dealkylation sites (tertiary alicyclic amines) is 1. The van der Waals surface area contributed by atoms with E-state index in [1.807, 2.05) is 24.3 Å². The number of benzene rings is 2. The molecule has 0 spiro atoms. The zero-order valence-corrected chi connectivity index (χ0v) is 21.4. The van der Waals surface area contributed by atoms with Gasteiger partial charge in [-0.05, 0) is 66.8 Å². The summed E-state index contributed by atoms with van der Waals surface area (Å²) in [5.74, 6) is 0.520. The Balaban J connectivity index is 1.49. The summed E-state index contributed by atoms with van der Waals surface area (Å²) in [6.07, 6.45) is -1.95. The zero-order valence-electron chi connectivity index (χ0n) is 21.4. The van der Waals surface area contributed by atoms with Gasteiger partial charge in [-0.15, -0.1) is 0 Å².